The van der Waals surface area contributed by atoms with Crippen LogP contribution in [0.15, 0.2) is 134 Å². The van der Waals surface area contributed by atoms with Gasteiger partial charge in [0.05, 0.1) is 10.8 Å². The van der Waals surface area contributed by atoms with Crippen LogP contribution in [-0.2, 0) is 0 Å². The number of rotatable bonds is 3. The van der Waals surface area contributed by atoms with Crippen LogP contribution in [0.1, 0.15) is 0 Å². The molecule has 0 unspecified atom stereocenters. The van der Waals surface area contributed by atoms with E-state index in [1.165, 1.54) is 44.0 Å². The molecule has 150 valence electrons. The van der Waals surface area contributed by atoms with Crippen molar-refractivity contribution in [2.75, 3.05) is 0 Å². The Balaban J connectivity index is 1.33. The highest BCUT2D eigenvalue weighted by molar-refractivity contribution is 5.89. The van der Waals surface area contributed by atoms with Gasteiger partial charge in [-0.15, -0.1) is 0 Å². The minimum atomic E-state index is 1.19. The highest BCUT2D eigenvalue weighted by Gasteiger charge is 2.13. The molecule has 2 nitrogen and oxygen atoms in total. The van der Waals surface area contributed by atoms with Gasteiger partial charge in [-0.05, 0) is 34.0 Å². The third kappa shape index (κ3) is 3.23. The second kappa shape index (κ2) is 7.75. The third-order valence-electron chi connectivity index (χ3n) is 6.08. The summed E-state index contributed by atoms with van der Waals surface area (Å²) < 4.78 is 4.37. The first-order chi connectivity index (χ1) is 15.9. The lowest BCUT2D eigenvalue weighted by Crippen LogP contribution is -2.30. The van der Waals surface area contributed by atoms with Crippen LogP contribution in [0.4, 0.5) is 0 Å². The quantitative estimate of drug-likeness (QED) is 0.306. The Labute approximate surface area is 187 Å². The normalized spacial score (nSPS) is 11.1. The molecule has 0 atom stereocenters. The molecule has 0 amide bonds. The maximum atomic E-state index is 2.19. The fourth-order valence-electron chi connectivity index (χ4n) is 4.43. The monoisotopic (exact) mass is 410 g/mol. The van der Waals surface area contributed by atoms with Gasteiger partial charge in [0, 0.05) is 36.4 Å². The summed E-state index contributed by atoms with van der Waals surface area (Å²) in [7, 11) is 0. The van der Waals surface area contributed by atoms with Crippen LogP contribution in [0.2, 0.25) is 0 Å². The van der Waals surface area contributed by atoms with Gasteiger partial charge >= 0.3 is 0 Å². The van der Waals surface area contributed by atoms with E-state index in [4.69, 9.17) is 0 Å². The van der Waals surface area contributed by atoms with Gasteiger partial charge in [0.25, 0.3) is 0 Å². The van der Waals surface area contributed by atoms with E-state index in [0.717, 1.165) is 0 Å². The van der Waals surface area contributed by atoms with Crippen molar-refractivity contribution < 1.29 is 9.13 Å². The van der Waals surface area contributed by atoms with Gasteiger partial charge in [0.1, 0.15) is 0 Å². The maximum Gasteiger partial charge on any atom is 0.218 e. The number of benzene rings is 4. The number of hydrogen-bond donors (Lipinski definition) is 0. The maximum absolute atomic E-state index is 2.19. The predicted molar refractivity (Wildman–Crippen MR) is 130 cm³/mol. The average molecular weight is 411 g/mol. The molecule has 0 saturated heterocycles. The molecule has 0 N–H and O–H groups in total. The molecule has 0 spiro atoms. The zero-order chi connectivity index (χ0) is 21.3. The minimum absolute atomic E-state index is 1.19. The summed E-state index contributed by atoms with van der Waals surface area (Å²) in [4.78, 5) is 0. The molecule has 6 aromatic rings. The summed E-state index contributed by atoms with van der Waals surface area (Å²) in [6.07, 6.45) is 8.57. The van der Waals surface area contributed by atoms with Crippen LogP contribution in [0.25, 0.3) is 44.0 Å². The highest BCUT2D eigenvalue weighted by atomic mass is 14.9. The molecule has 2 heteroatoms. The molecule has 0 aliphatic carbocycles. The third-order valence-corrected chi connectivity index (χ3v) is 6.08. The molecule has 4 aromatic carbocycles. The Bertz CT molecular complexity index is 1420. The van der Waals surface area contributed by atoms with Crippen LogP contribution in [0.5, 0.6) is 0 Å². The first kappa shape index (κ1) is 18.5. The Morgan fingerprint density at radius 3 is 1.16 bits per heavy atom. The van der Waals surface area contributed by atoms with Crippen molar-refractivity contribution >= 4 is 21.5 Å². The predicted octanol–water partition coefficient (Wildman–Crippen LogP) is 6.21. The van der Waals surface area contributed by atoms with Crippen molar-refractivity contribution in [3.05, 3.63) is 134 Å². The summed E-state index contributed by atoms with van der Waals surface area (Å²) in [5, 5.41) is 5.01. The molecule has 0 saturated carbocycles. The van der Waals surface area contributed by atoms with Gasteiger partial charge in [0.2, 0.25) is 11.4 Å². The van der Waals surface area contributed by atoms with Crippen LogP contribution in [-0.4, -0.2) is 0 Å². The fourth-order valence-corrected chi connectivity index (χ4v) is 4.43. The number of fused-ring (bicyclic) bond motifs is 2. The van der Waals surface area contributed by atoms with Crippen molar-refractivity contribution in [2.24, 2.45) is 0 Å². The van der Waals surface area contributed by atoms with Crippen molar-refractivity contribution in [1.82, 2.24) is 0 Å². The molecule has 0 aliphatic heterocycles. The summed E-state index contributed by atoms with van der Waals surface area (Å²) in [6, 6.07) is 38.6. The van der Waals surface area contributed by atoms with Crippen LogP contribution >= 0.6 is 0 Å². The summed E-state index contributed by atoms with van der Waals surface area (Å²) in [6.45, 7) is 0. The second-order valence-corrected chi connectivity index (χ2v) is 7.98. The molecular weight excluding hydrogens is 388 g/mol. The second-order valence-electron chi connectivity index (χ2n) is 7.98. The smallest absolute Gasteiger partial charge is 0.167 e. The Hall–Kier alpha value is -4.30. The molecule has 0 fully saturated rings. The fraction of sp³-hybridized carbons (Fsp3) is 0. The Kier molecular flexibility index (Phi) is 4.47. The molecule has 0 radical (unpaired) electrons. The standard InChI is InChI=1S/C30H22N2/c1-3-11-27-25(7-1)9-5-13-29(27)31-19-15-23(16-20-31)24-17-21-32(22-18-24)30-14-6-10-26-8-2-4-12-28(26)30/h1-22H/q+2. The minimum Gasteiger partial charge on any atom is -0.167 e. The molecule has 0 bridgehead atoms. The van der Waals surface area contributed by atoms with E-state index >= 15 is 0 Å². The van der Waals surface area contributed by atoms with Gasteiger partial charge in [-0.25, -0.2) is 0 Å². The van der Waals surface area contributed by atoms with Crippen molar-refractivity contribution in [3.63, 3.8) is 0 Å². The zero-order valence-corrected chi connectivity index (χ0v) is 17.6. The van der Waals surface area contributed by atoms with Gasteiger partial charge in [-0.2, -0.15) is 9.13 Å². The number of hydrogen-bond acceptors (Lipinski definition) is 0. The largest absolute Gasteiger partial charge is 0.218 e. The van der Waals surface area contributed by atoms with E-state index in [0.29, 0.717) is 0 Å². The van der Waals surface area contributed by atoms with Gasteiger partial charge in [0.15, 0.2) is 24.8 Å². The van der Waals surface area contributed by atoms with Gasteiger partial charge in [-0.1, -0.05) is 60.7 Å². The van der Waals surface area contributed by atoms with E-state index < -0.39 is 0 Å². The van der Waals surface area contributed by atoms with Gasteiger partial charge < -0.3 is 0 Å². The van der Waals surface area contributed by atoms with Crippen molar-refractivity contribution in [3.8, 4) is 22.5 Å². The first-order valence-corrected chi connectivity index (χ1v) is 10.9. The number of aromatic nitrogens is 2. The summed E-state index contributed by atoms with van der Waals surface area (Å²) in [5.74, 6) is 0. The number of pyridine rings is 2. The van der Waals surface area contributed by atoms with E-state index in [2.05, 4.69) is 143 Å². The summed E-state index contributed by atoms with van der Waals surface area (Å²) in [5.41, 5.74) is 4.78. The van der Waals surface area contributed by atoms with Crippen molar-refractivity contribution in [1.29, 1.82) is 0 Å². The zero-order valence-electron chi connectivity index (χ0n) is 17.6. The lowest BCUT2D eigenvalue weighted by atomic mass is 10.1. The Morgan fingerprint density at radius 2 is 0.719 bits per heavy atom. The first-order valence-electron chi connectivity index (χ1n) is 10.9. The lowest BCUT2D eigenvalue weighted by Gasteiger charge is -2.04. The average Bonchev–Trinajstić information content (AvgIpc) is 2.88. The van der Waals surface area contributed by atoms with Crippen LogP contribution in [0, 0.1) is 0 Å². The van der Waals surface area contributed by atoms with Gasteiger partial charge in [-0.3, -0.25) is 0 Å². The van der Waals surface area contributed by atoms with E-state index in [9.17, 15) is 0 Å². The topological polar surface area (TPSA) is 7.76 Å². The molecule has 6 rings (SSSR count). The Morgan fingerprint density at radius 1 is 0.344 bits per heavy atom. The highest BCUT2D eigenvalue weighted by Crippen LogP contribution is 2.22. The molecule has 32 heavy (non-hydrogen) atoms. The van der Waals surface area contributed by atoms with Crippen molar-refractivity contribution in [2.45, 2.75) is 0 Å². The molecular formula is C30H22N2+2. The van der Waals surface area contributed by atoms with E-state index in [1.54, 1.807) is 0 Å². The lowest BCUT2D eigenvalue weighted by molar-refractivity contribution is -0.594. The van der Waals surface area contributed by atoms with E-state index in [-0.39, 0.29) is 0 Å². The SMILES string of the molecule is c1ccc2c(-[n+]3ccc(-c4cc[n+](-c5cccc6ccccc56)cc4)cc3)cccc2c1. The molecule has 2 aromatic heterocycles. The molecule has 0 aliphatic rings. The van der Waals surface area contributed by atoms with E-state index in [1.807, 2.05) is 0 Å². The number of nitrogens with zero attached hydrogens (tertiary/aromatic N) is 2. The van der Waals surface area contributed by atoms with Crippen LogP contribution in [0.3, 0.4) is 0 Å². The molecule has 2 heterocycles. The van der Waals surface area contributed by atoms with Crippen LogP contribution < -0.4 is 9.13 Å². The summed E-state index contributed by atoms with van der Waals surface area (Å²) >= 11 is 0.